The molecule has 0 aliphatic rings. The number of hydrogen-bond acceptors (Lipinski definition) is 7. The molecule has 0 spiro atoms. The Hall–Kier alpha value is -2.65. The van der Waals surface area contributed by atoms with Crippen molar-refractivity contribution in [3.05, 3.63) is 46.0 Å². The molecule has 0 fully saturated rings. The number of nitrogens with one attached hydrogen (secondary N) is 1. The number of amides is 2. The first-order valence-electron chi connectivity index (χ1n) is 6.50. The van der Waals surface area contributed by atoms with Crippen molar-refractivity contribution in [2.75, 3.05) is 5.32 Å². The highest BCUT2D eigenvalue weighted by molar-refractivity contribution is 7.18. The normalized spacial score (nSPS) is 10.5. The molecule has 23 heavy (non-hydrogen) atoms. The van der Waals surface area contributed by atoms with Crippen molar-refractivity contribution in [3.63, 3.8) is 0 Å². The van der Waals surface area contributed by atoms with Gasteiger partial charge in [0.15, 0.2) is 5.13 Å². The number of thiazole rings is 2. The van der Waals surface area contributed by atoms with E-state index in [0.717, 1.165) is 11.3 Å². The van der Waals surface area contributed by atoms with Crippen molar-refractivity contribution in [3.8, 4) is 10.7 Å². The number of hydrogen-bond donors (Lipinski definition) is 2. The molecule has 0 aliphatic heterocycles. The van der Waals surface area contributed by atoms with Crippen molar-refractivity contribution in [1.82, 2.24) is 15.0 Å². The molecule has 3 heterocycles. The highest BCUT2D eigenvalue weighted by Gasteiger charge is 2.18. The van der Waals surface area contributed by atoms with Crippen LogP contribution in [0.5, 0.6) is 0 Å². The Bertz CT molecular complexity index is 872. The van der Waals surface area contributed by atoms with E-state index in [1.807, 2.05) is 18.2 Å². The second-order valence-corrected chi connectivity index (χ2v) is 6.53. The fourth-order valence-corrected chi connectivity index (χ4v) is 3.41. The van der Waals surface area contributed by atoms with E-state index >= 15 is 0 Å². The van der Waals surface area contributed by atoms with Gasteiger partial charge in [-0.05, 0) is 19.1 Å². The van der Waals surface area contributed by atoms with Gasteiger partial charge in [0.2, 0.25) is 0 Å². The van der Waals surface area contributed by atoms with Gasteiger partial charge in [-0.2, -0.15) is 0 Å². The summed E-state index contributed by atoms with van der Waals surface area (Å²) in [6.07, 6.45) is 3.01. The number of carbonyl (C=O) groups excluding carboxylic acids is 2. The molecule has 0 atom stereocenters. The molecule has 9 heteroatoms. The first kappa shape index (κ1) is 15.3. The Morgan fingerprint density at radius 1 is 1.22 bits per heavy atom. The zero-order valence-corrected chi connectivity index (χ0v) is 13.6. The lowest BCUT2D eigenvalue weighted by Crippen LogP contribution is -2.11. The molecule has 0 radical (unpaired) electrons. The average molecular weight is 345 g/mol. The van der Waals surface area contributed by atoms with Gasteiger partial charge in [0.05, 0.1) is 17.6 Å². The maximum atomic E-state index is 12.3. The zero-order valence-electron chi connectivity index (χ0n) is 11.9. The third-order valence-corrected chi connectivity index (χ3v) is 4.96. The van der Waals surface area contributed by atoms with E-state index in [9.17, 15) is 9.59 Å². The number of aryl methyl sites for hydroxylation is 1. The van der Waals surface area contributed by atoms with E-state index in [1.165, 1.54) is 17.5 Å². The van der Waals surface area contributed by atoms with Gasteiger partial charge in [-0.3, -0.25) is 19.9 Å². The van der Waals surface area contributed by atoms with Crippen LogP contribution in [0.3, 0.4) is 0 Å². The van der Waals surface area contributed by atoms with Crippen molar-refractivity contribution >= 4 is 39.6 Å². The third kappa shape index (κ3) is 3.25. The van der Waals surface area contributed by atoms with Crippen LogP contribution in [0.25, 0.3) is 10.7 Å². The summed E-state index contributed by atoms with van der Waals surface area (Å²) >= 11 is 2.28. The highest BCUT2D eigenvalue weighted by Crippen LogP contribution is 2.27. The molecule has 2 amide bonds. The Morgan fingerprint density at radius 3 is 2.70 bits per heavy atom. The Labute approximate surface area is 139 Å². The summed E-state index contributed by atoms with van der Waals surface area (Å²) in [5.41, 5.74) is 6.49. The van der Waals surface area contributed by atoms with Crippen LogP contribution < -0.4 is 11.1 Å². The summed E-state index contributed by atoms with van der Waals surface area (Å²) in [4.78, 5) is 36.7. The van der Waals surface area contributed by atoms with Crippen LogP contribution in [0, 0.1) is 6.92 Å². The molecule has 3 aromatic heterocycles. The van der Waals surface area contributed by atoms with Gasteiger partial charge in [-0.15, -0.1) is 11.3 Å². The number of nitrogens with zero attached hydrogens (tertiary/aromatic N) is 3. The second-order valence-electron chi connectivity index (χ2n) is 4.50. The molecular weight excluding hydrogens is 334 g/mol. The molecule has 116 valence electrons. The number of aromatic nitrogens is 3. The number of rotatable bonds is 4. The average Bonchev–Trinajstić information content (AvgIpc) is 3.15. The smallest absolute Gasteiger partial charge is 0.269 e. The second kappa shape index (κ2) is 6.23. The van der Waals surface area contributed by atoms with Gasteiger partial charge in [0, 0.05) is 6.20 Å². The van der Waals surface area contributed by atoms with Crippen LogP contribution in [0.4, 0.5) is 5.13 Å². The van der Waals surface area contributed by atoms with Gasteiger partial charge in [-0.1, -0.05) is 17.4 Å². The lowest BCUT2D eigenvalue weighted by molar-refractivity contribution is 0.100. The number of anilines is 1. The fraction of sp³-hybridized carbons (Fsp3) is 0.0714. The standard InChI is InChI=1S/C14H11N5O2S2/c1-7-10(23-13(18-7)8-4-2-3-5-16-8)12(21)19-14-17-6-9(22-14)11(15)20/h2-6H,1H3,(H2,15,20)(H,17,19,21). The van der Waals surface area contributed by atoms with E-state index in [-0.39, 0.29) is 10.8 Å². The van der Waals surface area contributed by atoms with E-state index in [0.29, 0.717) is 26.4 Å². The molecule has 3 N–H and O–H groups in total. The number of primary amides is 1. The van der Waals surface area contributed by atoms with Gasteiger partial charge in [0.1, 0.15) is 14.8 Å². The maximum Gasteiger partial charge on any atom is 0.269 e. The van der Waals surface area contributed by atoms with E-state index in [1.54, 1.807) is 13.1 Å². The highest BCUT2D eigenvalue weighted by atomic mass is 32.1. The van der Waals surface area contributed by atoms with Crippen molar-refractivity contribution < 1.29 is 9.59 Å². The van der Waals surface area contributed by atoms with Gasteiger partial charge in [0.25, 0.3) is 11.8 Å². The zero-order chi connectivity index (χ0) is 16.4. The Morgan fingerprint density at radius 2 is 2.04 bits per heavy atom. The minimum atomic E-state index is -0.575. The van der Waals surface area contributed by atoms with Crippen LogP contribution in [-0.2, 0) is 0 Å². The number of carbonyl (C=O) groups is 2. The maximum absolute atomic E-state index is 12.3. The van der Waals surface area contributed by atoms with E-state index in [4.69, 9.17) is 5.73 Å². The van der Waals surface area contributed by atoms with Gasteiger partial charge in [-0.25, -0.2) is 9.97 Å². The van der Waals surface area contributed by atoms with Gasteiger partial charge >= 0.3 is 0 Å². The molecule has 3 aromatic rings. The van der Waals surface area contributed by atoms with Crippen LogP contribution in [0.2, 0.25) is 0 Å². The van der Waals surface area contributed by atoms with Crippen molar-refractivity contribution in [2.24, 2.45) is 5.73 Å². The quantitative estimate of drug-likeness (QED) is 0.754. The molecule has 0 aromatic carbocycles. The van der Waals surface area contributed by atoms with Crippen LogP contribution >= 0.6 is 22.7 Å². The monoisotopic (exact) mass is 345 g/mol. The molecule has 0 saturated carbocycles. The Balaban J connectivity index is 1.82. The SMILES string of the molecule is Cc1nc(-c2ccccn2)sc1C(=O)Nc1ncc(C(N)=O)s1. The van der Waals surface area contributed by atoms with Crippen LogP contribution in [0.1, 0.15) is 25.0 Å². The first-order chi connectivity index (χ1) is 11.0. The molecule has 7 nitrogen and oxygen atoms in total. The lowest BCUT2D eigenvalue weighted by atomic mass is 10.3. The summed E-state index contributed by atoms with van der Waals surface area (Å²) in [5, 5.41) is 3.64. The molecular formula is C14H11N5O2S2. The molecule has 0 unspecified atom stereocenters. The minimum Gasteiger partial charge on any atom is -0.365 e. The van der Waals surface area contributed by atoms with Crippen molar-refractivity contribution in [1.29, 1.82) is 0 Å². The number of pyridine rings is 1. The summed E-state index contributed by atoms with van der Waals surface area (Å²) in [6, 6.07) is 5.51. The lowest BCUT2D eigenvalue weighted by Gasteiger charge is -1.98. The molecule has 0 bridgehead atoms. The van der Waals surface area contributed by atoms with Gasteiger partial charge < -0.3 is 5.73 Å². The predicted molar refractivity (Wildman–Crippen MR) is 88.7 cm³/mol. The van der Waals surface area contributed by atoms with E-state index in [2.05, 4.69) is 20.3 Å². The summed E-state index contributed by atoms with van der Waals surface area (Å²) < 4.78 is 0. The third-order valence-electron chi connectivity index (χ3n) is 2.86. The minimum absolute atomic E-state index is 0.288. The van der Waals surface area contributed by atoms with Crippen LogP contribution in [-0.4, -0.2) is 26.8 Å². The Kier molecular flexibility index (Phi) is 4.13. The predicted octanol–water partition coefficient (Wildman–Crippen LogP) is 2.32. The molecule has 3 rings (SSSR count). The summed E-state index contributed by atoms with van der Waals surface area (Å²) in [6.45, 7) is 1.76. The fourth-order valence-electron chi connectivity index (χ4n) is 1.81. The van der Waals surface area contributed by atoms with Crippen molar-refractivity contribution in [2.45, 2.75) is 6.92 Å². The molecule has 0 aliphatic carbocycles. The summed E-state index contributed by atoms with van der Waals surface area (Å²) in [5.74, 6) is -0.901. The van der Waals surface area contributed by atoms with Crippen LogP contribution in [0.15, 0.2) is 30.6 Å². The number of nitrogens with two attached hydrogens (primary N) is 1. The largest absolute Gasteiger partial charge is 0.365 e. The topological polar surface area (TPSA) is 111 Å². The molecule has 0 saturated heterocycles. The van der Waals surface area contributed by atoms with E-state index < -0.39 is 5.91 Å². The first-order valence-corrected chi connectivity index (χ1v) is 8.13. The summed E-state index contributed by atoms with van der Waals surface area (Å²) in [7, 11) is 0.